The highest BCUT2D eigenvalue weighted by molar-refractivity contribution is 6.30. The van der Waals surface area contributed by atoms with Gasteiger partial charge in [0.2, 0.25) is 12.3 Å². The topological polar surface area (TPSA) is 59.2 Å². The molecular weight excluding hydrogens is 254 g/mol. The Bertz CT molecular complexity index is 553. The Morgan fingerprint density at radius 3 is 2.78 bits per heavy atom. The molecule has 92 valence electrons. The van der Waals surface area contributed by atoms with Crippen molar-refractivity contribution in [2.75, 3.05) is 11.4 Å². The number of aromatic nitrogens is 2. The summed E-state index contributed by atoms with van der Waals surface area (Å²) in [5, 5.41) is 4.44. The van der Waals surface area contributed by atoms with Crippen molar-refractivity contribution < 1.29 is 9.32 Å². The SMILES string of the molecule is O=C1CC(c2ncon2)CN1c1ccc(Cl)cc1. The highest BCUT2D eigenvalue weighted by Crippen LogP contribution is 2.30. The highest BCUT2D eigenvalue weighted by Gasteiger charge is 2.33. The highest BCUT2D eigenvalue weighted by atomic mass is 35.5. The summed E-state index contributed by atoms with van der Waals surface area (Å²) < 4.78 is 4.71. The Morgan fingerprint density at radius 1 is 1.33 bits per heavy atom. The molecule has 1 atom stereocenters. The molecule has 2 aromatic rings. The van der Waals surface area contributed by atoms with E-state index in [0.717, 1.165) is 5.69 Å². The van der Waals surface area contributed by atoms with Crippen LogP contribution in [0.2, 0.25) is 5.02 Å². The molecule has 0 aliphatic carbocycles. The van der Waals surface area contributed by atoms with Crippen molar-refractivity contribution in [3.05, 3.63) is 41.5 Å². The van der Waals surface area contributed by atoms with Gasteiger partial charge in [-0.3, -0.25) is 4.79 Å². The molecule has 1 saturated heterocycles. The maximum Gasteiger partial charge on any atom is 0.227 e. The van der Waals surface area contributed by atoms with Crippen LogP contribution in [-0.2, 0) is 4.79 Å². The molecule has 1 aromatic carbocycles. The molecule has 1 aromatic heterocycles. The van der Waals surface area contributed by atoms with Crippen molar-refractivity contribution in [1.29, 1.82) is 0 Å². The van der Waals surface area contributed by atoms with Crippen LogP contribution in [-0.4, -0.2) is 22.6 Å². The van der Waals surface area contributed by atoms with E-state index < -0.39 is 0 Å². The molecular formula is C12H10ClN3O2. The van der Waals surface area contributed by atoms with Gasteiger partial charge in [-0.25, -0.2) is 0 Å². The minimum atomic E-state index is -0.00747. The van der Waals surface area contributed by atoms with Crippen LogP contribution in [0.25, 0.3) is 0 Å². The van der Waals surface area contributed by atoms with Crippen LogP contribution < -0.4 is 4.90 Å². The predicted molar refractivity (Wildman–Crippen MR) is 65.5 cm³/mol. The number of halogens is 1. The Labute approximate surface area is 108 Å². The summed E-state index contributed by atoms with van der Waals surface area (Å²) in [5.41, 5.74) is 0.843. The van der Waals surface area contributed by atoms with E-state index in [-0.39, 0.29) is 11.8 Å². The summed E-state index contributed by atoms with van der Waals surface area (Å²) in [7, 11) is 0. The minimum absolute atomic E-state index is 0.00747. The molecule has 1 amide bonds. The first-order chi connectivity index (χ1) is 8.74. The smallest absolute Gasteiger partial charge is 0.227 e. The predicted octanol–water partition coefficient (Wildman–Crippen LogP) is 2.24. The molecule has 0 bridgehead atoms. The van der Waals surface area contributed by atoms with Crippen molar-refractivity contribution in [1.82, 2.24) is 10.1 Å². The molecule has 3 rings (SSSR count). The van der Waals surface area contributed by atoms with Gasteiger partial charge in [0.05, 0.1) is 0 Å². The van der Waals surface area contributed by atoms with E-state index in [1.165, 1.54) is 6.39 Å². The zero-order valence-corrected chi connectivity index (χ0v) is 10.2. The summed E-state index contributed by atoms with van der Waals surface area (Å²) in [5.74, 6) is 0.638. The summed E-state index contributed by atoms with van der Waals surface area (Å²) in [6.45, 7) is 0.569. The van der Waals surface area contributed by atoms with E-state index >= 15 is 0 Å². The number of benzene rings is 1. The van der Waals surface area contributed by atoms with Gasteiger partial charge in [0.15, 0.2) is 5.82 Å². The standard InChI is InChI=1S/C12H10ClN3O2/c13-9-1-3-10(4-2-9)16-6-8(5-11(16)17)12-14-7-18-15-12/h1-4,7-8H,5-6H2. The van der Waals surface area contributed by atoms with Gasteiger partial charge >= 0.3 is 0 Å². The summed E-state index contributed by atoms with van der Waals surface area (Å²) in [6.07, 6.45) is 1.69. The second-order valence-corrected chi connectivity index (χ2v) is 4.61. The largest absolute Gasteiger partial charge is 0.343 e. The van der Waals surface area contributed by atoms with Crippen LogP contribution in [0.4, 0.5) is 5.69 Å². The van der Waals surface area contributed by atoms with Gasteiger partial charge in [0.25, 0.3) is 0 Å². The van der Waals surface area contributed by atoms with Crippen LogP contribution in [0.5, 0.6) is 0 Å². The number of nitrogens with zero attached hydrogens (tertiary/aromatic N) is 3. The van der Waals surface area contributed by atoms with Gasteiger partial charge in [-0.1, -0.05) is 16.8 Å². The number of hydrogen-bond acceptors (Lipinski definition) is 4. The molecule has 0 spiro atoms. The first-order valence-corrected chi connectivity index (χ1v) is 5.94. The Morgan fingerprint density at radius 2 is 2.11 bits per heavy atom. The number of hydrogen-bond donors (Lipinski definition) is 0. The minimum Gasteiger partial charge on any atom is -0.343 e. The van der Waals surface area contributed by atoms with Crippen LogP contribution in [0.3, 0.4) is 0 Å². The molecule has 1 fully saturated rings. The lowest BCUT2D eigenvalue weighted by Crippen LogP contribution is -2.24. The van der Waals surface area contributed by atoms with Gasteiger partial charge in [-0.15, -0.1) is 0 Å². The van der Waals surface area contributed by atoms with E-state index in [2.05, 4.69) is 10.1 Å². The van der Waals surface area contributed by atoms with Crippen LogP contribution in [0, 0.1) is 0 Å². The van der Waals surface area contributed by atoms with Gasteiger partial charge in [-0.05, 0) is 24.3 Å². The van der Waals surface area contributed by atoms with E-state index in [0.29, 0.717) is 23.8 Å². The lowest BCUT2D eigenvalue weighted by molar-refractivity contribution is -0.117. The van der Waals surface area contributed by atoms with E-state index in [4.69, 9.17) is 16.1 Å². The van der Waals surface area contributed by atoms with E-state index in [9.17, 15) is 4.79 Å². The fourth-order valence-electron chi connectivity index (χ4n) is 2.11. The average molecular weight is 264 g/mol. The zero-order chi connectivity index (χ0) is 12.5. The number of anilines is 1. The lowest BCUT2D eigenvalue weighted by atomic mass is 10.1. The molecule has 2 heterocycles. The van der Waals surface area contributed by atoms with E-state index in [1.807, 2.05) is 12.1 Å². The van der Waals surface area contributed by atoms with Crippen LogP contribution in [0.15, 0.2) is 35.2 Å². The Kier molecular flexibility index (Phi) is 2.76. The lowest BCUT2D eigenvalue weighted by Gasteiger charge is -2.16. The molecule has 1 unspecified atom stereocenters. The first-order valence-electron chi connectivity index (χ1n) is 5.56. The Hall–Kier alpha value is -1.88. The molecule has 0 N–H and O–H groups in total. The first kappa shape index (κ1) is 11.2. The zero-order valence-electron chi connectivity index (χ0n) is 9.41. The summed E-state index contributed by atoms with van der Waals surface area (Å²) in [6, 6.07) is 7.20. The molecule has 1 aliphatic heterocycles. The van der Waals surface area contributed by atoms with Crippen LogP contribution in [0.1, 0.15) is 18.2 Å². The van der Waals surface area contributed by atoms with Crippen molar-refractivity contribution >= 4 is 23.2 Å². The molecule has 6 heteroatoms. The van der Waals surface area contributed by atoms with E-state index in [1.54, 1.807) is 17.0 Å². The molecule has 5 nitrogen and oxygen atoms in total. The maximum absolute atomic E-state index is 12.0. The third kappa shape index (κ3) is 1.97. The third-order valence-electron chi connectivity index (χ3n) is 3.01. The van der Waals surface area contributed by atoms with Gasteiger partial charge in [-0.2, -0.15) is 4.98 Å². The summed E-state index contributed by atoms with van der Waals surface area (Å²) >= 11 is 5.83. The van der Waals surface area contributed by atoms with Crippen molar-refractivity contribution in [2.24, 2.45) is 0 Å². The van der Waals surface area contributed by atoms with Crippen molar-refractivity contribution in [3.8, 4) is 0 Å². The van der Waals surface area contributed by atoms with Crippen molar-refractivity contribution in [2.45, 2.75) is 12.3 Å². The van der Waals surface area contributed by atoms with Gasteiger partial charge in [0, 0.05) is 29.6 Å². The van der Waals surface area contributed by atoms with Gasteiger partial charge in [0.1, 0.15) is 0 Å². The number of carbonyl (C=O) groups is 1. The molecule has 1 aliphatic rings. The third-order valence-corrected chi connectivity index (χ3v) is 3.26. The second kappa shape index (κ2) is 4.42. The fraction of sp³-hybridized carbons (Fsp3) is 0.250. The number of rotatable bonds is 2. The monoisotopic (exact) mass is 263 g/mol. The molecule has 0 saturated carbocycles. The second-order valence-electron chi connectivity index (χ2n) is 4.17. The molecule has 18 heavy (non-hydrogen) atoms. The van der Waals surface area contributed by atoms with Crippen LogP contribution >= 0.6 is 11.6 Å². The number of amides is 1. The summed E-state index contributed by atoms with van der Waals surface area (Å²) in [4.78, 5) is 17.7. The normalized spacial score (nSPS) is 19.5. The number of carbonyl (C=O) groups excluding carboxylic acids is 1. The average Bonchev–Trinajstić information content (AvgIpc) is 2.99. The van der Waals surface area contributed by atoms with Crippen molar-refractivity contribution in [3.63, 3.8) is 0 Å². The van der Waals surface area contributed by atoms with Gasteiger partial charge < -0.3 is 9.42 Å². The quantitative estimate of drug-likeness (QED) is 0.834. The fourth-order valence-corrected chi connectivity index (χ4v) is 2.24. The molecule has 0 radical (unpaired) electrons. The maximum atomic E-state index is 12.0. The Balaban J connectivity index is 1.82.